The molecule has 0 aromatic carbocycles. The molecule has 0 saturated carbocycles. The summed E-state index contributed by atoms with van der Waals surface area (Å²) in [4.78, 5) is 8.67. The Morgan fingerprint density at radius 2 is 1.95 bits per heavy atom. The number of rotatable bonds is 10. The van der Waals surface area contributed by atoms with Crippen LogP contribution in [0.15, 0.2) is 6.07 Å². The third-order valence-electron chi connectivity index (χ3n) is 2.59. The number of hydrogen-bond acceptors (Lipinski definition) is 6. The first-order valence-electron chi connectivity index (χ1n) is 6.88. The summed E-state index contributed by atoms with van der Waals surface area (Å²) in [5, 5.41) is 3.29. The lowest BCUT2D eigenvalue weighted by atomic mass is 10.1. The minimum atomic E-state index is 0.361. The summed E-state index contributed by atoms with van der Waals surface area (Å²) in [6.07, 6.45) is 1.09. The van der Waals surface area contributed by atoms with Gasteiger partial charge in [0.1, 0.15) is 19.0 Å². The van der Waals surface area contributed by atoms with Crippen molar-refractivity contribution < 1.29 is 14.2 Å². The molecule has 0 spiro atoms. The highest BCUT2D eigenvalue weighted by Gasteiger charge is 2.06. The summed E-state index contributed by atoms with van der Waals surface area (Å²) in [5.41, 5.74) is 0. The first-order chi connectivity index (χ1) is 9.65. The maximum absolute atomic E-state index is 5.53. The summed E-state index contributed by atoms with van der Waals surface area (Å²) >= 11 is 0. The Kier molecular flexibility index (Phi) is 7.91. The van der Waals surface area contributed by atoms with E-state index in [1.165, 1.54) is 0 Å². The van der Waals surface area contributed by atoms with Gasteiger partial charge >= 0.3 is 0 Å². The minimum Gasteiger partial charge on any atom is -0.475 e. The van der Waals surface area contributed by atoms with E-state index in [-0.39, 0.29) is 0 Å². The summed E-state index contributed by atoms with van der Waals surface area (Å²) in [7, 11) is 3.26. The van der Waals surface area contributed by atoms with Crippen molar-refractivity contribution >= 4 is 5.82 Å². The molecule has 1 rings (SSSR count). The van der Waals surface area contributed by atoms with Gasteiger partial charge in [-0.3, -0.25) is 0 Å². The lowest BCUT2D eigenvalue weighted by molar-refractivity contribution is 0.142. The zero-order valence-corrected chi connectivity index (χ0v) is 12.8. The second-order valence-electron chi connectivity index (χ2n) is 4.89. The number of hydrogen-bond donors (Lipinski definition) is 1. The van der Waals surface area contributed by atoms with Gasteiger partial charge < -0.3 is 19.5 Å². The van der Waals surface area contributed by atoms with Gasteiger partial charge in [0, 0.05) is 26.8 Å². The molecule has 0 aliphatic heterocycles. The molecule has 1 aromatic rings. The molecule has 0 unspecified atom stereocenters. The van der Waals surface area contributed by atoms with Crippen molar-refractivity contribution in [3.63, 3.8) is 0 Å². The number of nitrogens with one attached hydrogen (secondary N) is 1. The van der Waals surface area contributed by atoms with Crippen molar-refractivity contribution in [2.75, 3.05) is 39.3 Å². The van der Waals surface area contributed by atoms with Gasteiger partial charge in [-0.1, -0.05) is 13.8 Å². The Morgan fingerprint density at radius 3 is 2.60 bits per heavy atom. The SMILES string of the molecule is COCCOc1cc(NCCC(C)C)nc(COC)n1. The van der Waals surface area contributed by atoms with E-state index >= 15 is 0 Å². The molecule has 0 radical (unpaired) electrons. The highest BCUT2D eigenvalue weighted by molar-refractivity contribution is 5.38. The zero-order valence-electron chi connectivity index (χ0n) is 12.8. The lowest BCUT2D eigenvalue weighted by Crippen LogP contribution is -2.11. The van der Waals surface area contributed by atoms with Crippen LogP contribution in [0.25, 0.3) is 0 Å². The molecule has 0 aliphatic carbocycles. The molecular weight excluding hydrogens is 258 g/mol. The maximum atomic E-state index is 5.53. The van der Waals surface area contributed by atoms with E-state index < -0.39 is 0 Å². The van der Waals surface area contributed by atoms with Crippen LogP contribution in [0.2, 0.25) is 0 Å². The molecular formula is C14H25N3O3. The molecule has 0 fully saturated rings. The van der Waals surface area contributed by atoms with Crippen LogP contribution in [-0.2, 0) is 16.1 Å². The monoisotopic (exact) mass is 283 g/mol. The van der Waals surface area contributed by atoms with Crippen molar-refractivity contribution in [3.8, 4) is 5.88 Å². The van der Waals surface area contributed by atoms with E-state index in [9.17, 15) is 0 Å². The van der Waals surface area contributed by atoms with E-state index in [0.29, 0.717) is 37.4 Å². The first kappa shape index (κ1) is 16.7. The average molecular weight is 283 g/mol. The van der Waals surface area contributed by atoms with Crippen LogP contribution >= 0.6 is 0 Å². The Bertz CT molecular complexity index is 386. The largest absolute Gasteiger partial charge is 0.475 e. The molecule has 6 heteroatoms. The van der Waals surface area contributed by atoms with Crippen LogP contribution < -0.4 is 10.1 Å². The minimum absolute atomic E-state index is 0.361. The van der Waals surface area contributed by atoms with Crippen molar-refractivity contribution in [3.05, 3.63) is 11.9 Å². The molecule has 20 heavy (non-hydrogen) atoms. The Balaban J connectivity index is 2.65. The van der Waals surface area contributed by atoms with Gasteiger partial charge in [-0.05, 0) is 12.3 Å². The number of anilines is 1. The van der Waals surface area contributed by atoms with Crippen molar-refractivity contribution in [2.45, 2.75) is 26.9 Å². The van der Waals surface area contributed by atoms with Crippen LogP contribution in [0.4, 0.5) is 5.82 Å². The number of aromatic nitrogens is 2. The zero-order chi connectivity index (χ0) is 14.8. The molecule has 0 aliphatic rings. The highest BCUT2D eigenvalue weighted by atomic mass is 16.5. The summed E-state index contributed by atoms with van der Waals surface area (Å²) in [6, 6.07) is 1.80. The molecule has 1 aromatic heterocycles. The van der Waals surface area contributed by atoms with Gasteiger partial charge in [-0.15, -0.1) is 0 Å². The van der Waals surface area contributed by atoms with Crippen molar-refractivity contribution in [2.24, 2.45) is 5.92 Å². The van der Waals surface area contributed by atoms with Crippen LogP contribution in [0.3, 0.4) is 0 Å². The number of ether oxygens (including phenoxy) is 3. The third-order valence-corrected chi connectivity index (χ3v) is 2.59. The Labute approximate surface area is 120 Å². The normalized spacial score (nSPS) is 10.8. The van der Waals surface area contributed by atoms with E-state index in [4.69, 9.17) is 14.2 Å². The second kappa shape index (κ2) is 9.50. The first-order valence-corrected chi connectivity index (χ1v) is 6.88. The van der Waals surface area contributed by atoms with Gasteiger partial charge in [-0.25, -0.2) is 4.98 Å². The maximum Gasteiger partial charge on any atom is 0.218 e. The topological polar surface area (TPSA) is 65.5 Å². The van der Waals surface area contributed by atoms with Gasteiger partial charge in [0.15, 0.2) is 5.82 Å². The smallest absolute Gasteiger partial charge is 0.218 e. The molecule has 1 heterocycles. The van der Waals surface area contributed by atoms with Crippen molar-refractivity contribution in [1.29, 1.82) is 0 Å². The Morgan fingerprint density at radius 1 is 1.15 bits per heavy atom. The van der Waals surface area contributed by atoms with Crippen LogP contribution in [0, 0.1) is 5.92 Å². The number of nitrogens with zero attached hydrogens (tertiary/aromatic N) is 2. The molecule has 114 valence electrons. The fourth-order valence-electron chi connectivity index (χ4n) is 1.55. The predicted octanol–water partition coefficient (Wildman–Crippen LogP) is 2.11. The summed E-state index contributed by atoms with van der Waals surface area (Å²) in [6.45, 7) is 6.61. The summed E-state index contributed by atoms with van der Waals surface area (Å²) in [5.74, 6) is 2.56. The standard InChI is InChI=1S/C14H25N3O3/c1-11(2)5-6-15-12-9-14(20-8-7-18-3)17-13(16-12)10-19-4/h9,11H,5-8,10H2,1-4H3,(H,15,16,17). The van der Waals surface area contributed by atoms with E-state index in [1.807, 2.05) is 0 Å². The van der Waals surface area contributed by atoms with Gasteiger partial charge in [-0.2, -0.15) is 4.98 Å². The second-order valence-corrected chi connectivity index (χ2v) is 4.89. The molecule has 0 amide bonds. The fraction of sp³-hybridized carbons (Fsp3) is 0.714. The molecule has 0 saturated heterocycles. The third kappa shape index (κ3) is 6.68. The Hall–Kier alpha value is -1.40. The van der Waals surface area contributed by atoms with E-state index in [2.05, 4.69) is 29.1 Å². The number of methoxy groups -OCH3 is 2. The summed E-state index contributed by atoms with van der Waals surface area (Å²) < 4.78 is 15.6. The molecule has 0 bridgehead atoms. The predicted molar refractivity (Wildman–Crippen MR) is 78.1 cm³/mol. The van der Waals surface area contributed by atoms with Crippen LogP contribution in [0.1, 0.15) is 26.1 Å². The average Bonchev–Trinajstić information content (AvgIpc) is 2.39. The van der Waals surface area contributed by atoms with E-state index in [1.54, 1.807) is 20.3 Å². The van der Waals surface area contributed by atoms with E-state index in [0.717, 1.165) is 18.8 Å². The fourth-order valence-corrected chi connectivity index (χ4v) is 1.55. The molecule has 1 N–H and O–H groups in total. The molecule has 0 atom stereocenters. The lowest BCUT2D eigenvalue weighted by Gasteiger charge is -2.11. The van der Waals surface area contributed by atoms with Gasteiger partial charge in [0.25, 0.3) is 0 Å². The van der Waals surface area contributed by atoms with Crippen molar-refractivity contribution in [1.82, 2.24) is 9.97 Å². The molecule has 6 nitrogen and oxygen atoms in total. The quantitative estimate of drug-likeness (QED) is 0.663. The van der Waals surface area contributed by atoms with Crippen LogP contribution in [0.5, 0.6) is 5.88 Å². The van der Waals surface area contributed by atoms with Gasteiger partial charge in [0.05, 0.1) is 6.61 Å². The van der Waals surface area contributed by atoms with Gasteiger partial charge in [0.2, 0.25) is 5.88 Å². The van der Waals surface area contributed by atoms with Crippen LogP contribution in [-0.4, -0.2) is 43.9 Å². The highest BCUT2D eigenvalue weighted by Crippen LogP contribution is 2.14.